The second-order valence-electron chi connectivity index (χ2n) is 7.12. The van der Waals surface area contributed by atoms with Crippen LogP contribution < -0.4 is 0 Å². The molecule has 0 aliphatic heterocycles. The Morgan fingerprint density at radius 3 is 1.44 bits per heavy atom. The predicted octanol–water partition coefficient (Wildman–Crippen LogP) is 3.81. The van der Waals surface area contributed by atoms with Crippen molar-refractivity contribution < 1.29 is 14.3 Å². The summed E-state index contributed by atoms with van der Waals surface area (Å²) in [7, 11) is 0. The van der Waals surface area contributed by atoms with Gasteiger partial charge in [0.2, 0.25) is 0 Å². The van der Waals surface area contributed by atoms with Crippen molar-refractivity contribution >= 4 is 6.16 Å². The average Bonchev–Trinajstić information content (AvgIpc) is 3.06. The summed E-state index contributed by atoms with van der Waals surface area (Å²) in [6, 6.07) is 0. The van der Waals surface area contributed by atoms with Gasteiger partial charge >= 0.3 is 6.16 Å². The minimum absolute atomic E-state index is 0.144. The molecule has 0 amide bonds. The third-order valence-corrected chi connectivity index (χ3v) is 5.95. The lowest BCUT2D eigenvalue weighted by Gasteiger charge is -2.31. The first-order valence-corrected chi connectivity index (χ1v) is 7.59. The SMILES string of the molecule is O=C(OC12CCC(CC1)C2)OC12CCC(CC1)C2. The van der Waals surface area contributed by atoms with E-state index in [1.54, 1.807) is 0 Å². The van der Waals surface area contributed by atoms with Crippen LogP contribution in [0.1, 0.15) is 64.2 Å². The van der Waals surface area contributed by atoms with Crippen molar-refractivity contribution in [2.45, 2.75) is 75.4 Å². The Morgan fingerprint density at radius 1 is 0.778 bits per heavy atom. The van der Waals surface area contributed by atoms with E-state index in [-0.39, 0.29) is 17.4 Å². The molecule has 0 heterocycles. The van der Waals surface area contributed by atoms with Crippen molar-refractivity contribution in [2.75, 3.05) is 0 Å². The van der Waals surface area contributed by atoms with Crippen LogP contribution in [0.15, 0.2) is 0 Å². The Labute approximate surface area is 108 Å². The smallest absolute Gasteiger partial charge is 0.428 e. The molecule has 3 nitrogen and oxygen atoms in total. The van der Waals surface area contributed by atoms with E-state index in [0.29, 0.717) is 0 Å². The van der Waals surface area contributed by atoms with E-state index in [4.69, 9.17) is 9.47 Å². The van der Waals surface area contributed by atoms with Crippen molar-refractivity contribution in [3.63, 3.8) is 0 Å². The molecule has 3 heteroatoms. The van der Waals surface area contributed by atoms with Crippen LogP contribution in [0.2, 0.25) is 0 Å². The molecule has 4 fully saturated rings. The van der Waals surface area contributed by atoms with Gasteiger partial charge in [0.25, 0.3) is 0 Å². The van der Waals surface area contributed by atoms with Gasteiger partial charge in [-0.3, -0.25) is 0 Å². The lowest BCUT2D eigenvalue weighted by Crippen LogP contribution is -2.36. The van der Waals surface area contributed by atoms with Gasteiger partial charge in [-0.1, -0.05) is 0 Å². The number of fused-ring (bicyclic) bond motifs is 4. The van der Waals surface area contributed by atoms with Crippen LogP contribution in [0.3, 0.4) is 0 Å². The number of hydrogen-bond acceptors (Lipinski definition) is 3. The van der Waals surface area contributed by atoms with Gasteiger partial charge in [-0.2, -0.15) is 0 Å². The maximum atomic E-state index is 12.1. The monoisotopic (exact) mass is 250 g/mol. The molecule has 0 spiro atoms. The van der Waals surface area contributed by atoms with Crippen molar-refractivity contribution in [1.82, 2.24) is 0 Å². The highest BCUT2D eigenvalue weighted by Gasteiger charge is 2.51. The number of carbonyl (C=O) groups excluding carboxylic acids is 1. The van der Waals surface area contributed by atoms with Gasteiger partial charge in [0.15, 0.2) is 0 Å². The first-order chi connectivity index (χ1) is 8.67. The fraction of sp³-hybridized carbons (Fsp3) is 0.933. The Balaban J connectivity index is 1.39. The summed E-state index contributed by atoms with van der Waals surface area (Å²) in [6.45, 7) is 0. The van der Waals surface area contributed by atoms with Crippen molar-refractivity contribution in [1.29, 1.82) is 0 Å². The Kier molecular flexibility index (Phi) is 2.25. The van der Waals surface area contributed by atoms with Gasteiger partial charge in [0.1, 0.15) is 11.2 Å². The summed E-state index contributed by atoms with van der Waals surface area (Å²) >= 11 is 0. The zero-order chi connectivity index (χ0) is 12.2. The highest BCUT2D eigenvalue weighted by atomic mass is 16.7. The summed E-state index contributed by atoms with van der Waals surface area (Å²) in [5, 5.41) is 0. The molecule has 100 valence electrons. The van der Waals surface area contributed by atoms with Crippen LogP contribution in [0.25, 0.3) is 0 Å². The summed E-state index contributed by atoms with van der Waals surface area (Å²) in [5.74, 6) is 1.61. The second-order valence-corrected chi connectivity index (χ2v) is 7.12. The zero-order valence-electron chi connectivity index (χ0n) is 11.0. The molecule has 0 aromatic heterocycles. The summed E-state index contributed by atoms with van der Waals surface area (Å²) in [4.78, 5) is 12.1. The molecule has 0 radical (unpaired) electrons. The van der Waals surface area contributed by atoms with Crippen LogP contribution in [-0.2, 0) is 9.47 Å². The molecule has 18 heavy (non-hydrogen) atoms. The fourth-order valence-corrected chi connectivity index (χ4v) is 4.94. The van der Waals surface area contributed by atoms with Crippen LogP contribution in [-0.4, -0.2) is 17.4 Å². The van der Waals surface area contributed by atoms with Gasteiger partial charge in [0, 0.05) is 0 Å². The standard InChI is InChI=1S/C15H22O3/c16-13(17-14-5-1-11(9-14)2-6-14)18-15-7-3-12(10-15)4-8-15/h11-12H,1-10H2. The highest BCUT2D eigenvalue weighted by molar-refractivity contribution is 5.61. The molecule has 0 aromatic carbocycles. The summed E-state index contributed by atoms with van der Waals surface area (Å²) < 4.78 is 11.5. The maximum Gasteiger partial charge on any atom is 0.509 e. The lowest BCUT2D eigenvalue weighted by molar-refractivity contribution is -0.0751. The first-order valence-electron chi connectivity index (χ1n) is 7.59. The minimum atomic E-state index is -0.375. The van der Waals surface area contributed by atoms with E-state index >= 15 is 0 Å². The molecule has 4 aliphatic rings. The van der Waals surface area contributed by atoms with E-state index in [1.165, 1.54) is 25.7 Å². The Hall–Kier alpha value is -0.730. The van der Waals surface area contributed by atoms with Gasteiger partial charge in [-0.25, -0.2) is 4.79 Å². The molecule has 0 unspecified atom stereocenters. The molecule has 0 atom stereocenters. The molecular weight excluding hydrogens is 228 g/mol. The van der Waals surface area contributed by atoms with Gasteiger partial charge in [-0.05, 0) is 76.0 Å². The number of carbonyl (C=O) groups is 1. The molecule has 0 N–H and O–H groups in total. The van der Waals surface area contributed by atoms with Crippen LogP contribution in [0.4, 0.5) is 4.79 Å². The minimum Gasteiger partial charge on any atom is -0.428 e. The van der Waals surface area contributed by atoms with E-state index in [0.717, 1.165) is 50.4 Å². The Morgan fingerprint density at radius 2 is 1.17 bits per heavy atom. The van der Waals surface area contributed by atoms with Crippen LogP contribution >= 0.6 is 0 Å². The van der Waals surface area contributed by atoms with E-state index in [2.05, 4.69) is 0 Å². The lowest BCUT2D eigenvalue weighted by atomic mass is 9.97. The molecule has 4 saturated carbocycles. The summed E-state index contributed by atoms with van der Waals surface area (Å²) in [6.07, 6.45) is 11.0. The predicted molar refractivity (Wildman–Crippen MR) is 66.2 cm³/mol. The van der Waals surface area contributed by atoms with Gasteiger partial charge < -0.3 is 9.47 Å². The molecule has 4 aliphatic carbocycles. The Bertz CT molecular complexity index is 326. The highest BCUT2D eigenvalue weighted by Crippen LogP contribution is 2.52. The largest absolute Gasteiger partial charge is 0.509 e. The quantitative estimate of drug-likeness (QED) is 0.699. The summed E-state index contributed by atoms with van der Waals surface area (Å²) in [5.41, 5.74) is -0.288. The molecule has 0 aromatic rings. The van der Waals surface area contributed by atoms with Gasteiger partial charge in [-0.15, -0.1) is 0 Å². The van der Waals surface area contributed by atoms with E-state index in [1.807, 2.05) is 0 Å². The fourth-order valence-electron chi connectivity index (χ4n) is 4.94. The number of hydrogen-bond donors (Lipinski definition) is 0. The second kappa shape index (κ2) is 3.64. The van der Waals surface area contributed by atoms with E-state index in [9.17, 15) is 4.79 Å². The molecule has 4 bridgehead atoms. The van der Waals surface area contributed by atoms with Crippen LogP contribution in [0.5, 0.6) is 0 Å². The molecule has 0 saturated heterocycles. The average molecular weight is 250 g/mol. The first kappa shape index (κ1) is 11.1. The zero-order valence-corrected chi connectivity index (χ0v) is 11.0. The van der Waals surface area contributed by atoms with Gasteiger partial charge in [0.05, 0.1) is 0 Å². The third kappa shape index (κ3) is 1.66. The van der Waals surface area contributed by atoms with Crippen molar-refractivity contribution in [3.8, 4) is 0 Å². The van der Waals surface area contributed by atoms with E-state index < -0.39 is 0 Å². The van der Waals surface area contributed by atoms with Crippen LogP contribution in [0, 0.1) is 11.8 Å². The van der Waals surface area contributed by atoms with Crippen molar-refractivity contribution in [3.05, 3.63) is 0 Å². The topological polar surface area (TPSA) is 35.5 Å². The molecular formula is C15H22O3. The number of rotatable bonds is 2. The molecule has 4 rings (SSSR count). The van der Waals surface area contributed by atoms with Crippen molar-refractivity contribution in [2.24, 2.45) is 11.8 Å². The number of ether oxygens (including phenoxy) is 2. The normalized spacial score (nSPS) is 48.7. The third-order valence-electron chi connectivity index (χ3n) is 5.95. The maximum absolute atomic E-state index is 12.1.